The van der Waals surface area contributed by atoms with Crippen LogP contribution in [0.15, 0.2) is 0 Å². The molecular weight excluding hydrogens is 218 g/mol. The Balaban J connectivity index is 3.88. The molecule has 0 aliphatic rings. The van der Waals surface area contributed by atoms with Crippen molar-refractivity contribution in [2.24, 2.45) is 0 Å². The van der Waals surface area contributed by atoms with E-state index in [0.717, 1.165) is 6.42 Å². The summed E-state index contributed by atoms with van der Waals surface area (Å²) in [5.41, 5.74) is 2.50. The summed E-state index contributed by atoms with van der Waals surface area (Å²) >= 11 is 0. The Morgan fingerprint density at radius 2 is 2.00 bits per heavy atom. The highest BCUT2D eigenvalue weighted by Crippen LogP contribution is 1.99. The minimum atomic E-state index is -1.81. The standard InChI is InChI=1S/C9H19NO6/c1-2-3-10-16-5-7(13)9(15)8(14)6(12)4-11/h6-8,10-14H,2-5H2,1H3/t6-,7?,8-/m1/s1. The number of hydrogen-bond acceptors (Lipinski definition) is 7. The highest BCUT2D eigenvalue weighted by molar-refractivity contribution is 5.87. The number of rotatable bonds is 9. The SMILES string of the molecule is CCCNOCC(O)C(=O)[C@H](O)[C@H](O)CO. The molecule has 0 bridgehead atoms. The van der Waals surface area contributed by atoms with Gasteiger partial charge in [0.15, 0.2) is 5.78 Å². The van der Waals surface area contributed by atoms with Crippen molar-refractivity contribution >= 4 is 5.78 Å². The predicted octanol–water partition coefficient (Wildman–Crippen LogP) is -2.44. The fourth-order valence-electron chi connectivity index (χ4n) is 0.881. The summed E-state index contributed by atoms with van der Waals surface area (Å²) < 4.78 is 0. The second kappa shape index (κ2) is 8.57. The maximum Gasteiger partial charge on any atom is 0.194 e. The molecule has 0 aromatic rings. The molecule has 0 saturated heterocycles. The van der Waals surface area contributed by atoms with Crippen LogP contribution in [-0.2, 0) is 9.63 Å². The minimum Gasteiger partial charge on any atom is -0.394 e. The van der Waals surface area contributed by atoms with E-state index in [0.29, 0.717) is 6.54 Å². The van der Waals surface area contributed by atoms with Crippen molar-refractivity contribution in [2.45, 2.75) is 31.7 Å². The number of Topliss-reactive ketones (excluding diaryl/α,β-unsaturated/α-hetero) is 1. The maximum atomic E-state index is 11.2. The monoisotopic (exact) mass is 237 g/mol. The van der Waals surface area contributed by atoms with Crippen molar-refractivity contribution in [2.75, 3.05) is 19.8 Å². The molecule has 0 heterocycles. The van der Waals surface area contributed by atoms with Gasteiger partial charge in [0, 0.05) is 6.54 Å². The molecule has 0 aliphatic heterocycles. The fourth-order valence-corrected chi connectivity index (χ4v) is 0.881. The van der Waals surface area contributed by atoms with Gasteiger partial charge in [0.2, 0.25) is 0 Å². The third kappa shape index (κ3) is 5.50. The van der Waals surface area contributed by atoms with Crippen molar-refractivity contribution in [3.05, 3.63) is 0 Å². The van der Waals surface area contributed by atoms with E-state index in [-0.39, 0.29) is 6.61 Å². The van der Waals surface area contributed by atoms with Crippen molar-refractivity contribution in [3.8, 4) is 0 Å². The van der Waals surface area contributed by atoms with E-state index in [1.807, 2.05) is 6.92 Å². The number of aliphatic hydroxyl groups excluding tert-OH is 4. The summed E-state index contributed by atoms with van der Waals surface area (Å²) in [7, 11) is 0. The molecule has 7 heteroatoms. The van der Waals surface area contributed by atoms with E-state index < -0.39 is 30.7 Å². The molecule has 0 radical (unpaired) electrons. The van der Waals surface area contributed by atoms with Crippen LogP contribution in [0.1, 0.15) is 13.3 Å². The summed E-state index contributed by atoms with van der Waals surface area (Å²) in [4.78, 5) is 16.0. The average molecular weight is 237 g/mol. The summed E-state index contributed by atoms with van der Waals surface area (Å²) in [6.45, 7) is 1.41. The first-order valence-electron chi connectivity index (χ1n) is 5.08. The van der Waals surface area contributed by atoms with Crippen molar-refractivity contribution in [1.29, 1.82) is 0 Å². The van der Waals surface area contributed by atoms with E-state index in [2.05, 4.69) is 5.48 Å². The molecule has 0 rings (SSSR count). The van der Waals surface area contributed by atoms with Gasteiger partial charge in [0.25, 0.3) is 0 Å². The summed E-state index contributed by atoms with van der Waals surface area (Å²) in [5, 5.41) is 35.9. The molecule has 1 unspecified atom stereocenters. The summed E-state index contributed by atoms with van der Waals surface area (Å²) in [5.74, 6) is -0.986. The number of hydrogen-bond donors (Lipinski definition) is 5. The second-order valence-electron chi connectivity index (χ2n) is 3.32. The lowest BCUT2D eigenvalue weighted by Gasteiger charge is -2.17. The summed E-state index contributed by atoms with van der Waals surface area (Å²) in [6, 6.07) is 0. The molecular formula is C9H19NO6. The first kappa shape index (κ1) is 15.4. The Morgan fingerprint density at radius 3 is 2.50 bits per heavy atom. The zero-order chi connectivity index (χ0) is 12.6. The lowest BCUT2D eigenvalue weighted by Crippen LogP contribution is -2.44. The third-order valence-corrected chi connectivity index (χ3v) is 1.87. The normalized spacial score (nSPS) is 16.8. The van der Waals surface area contributed by atoms with Gasteiger partial charge < -0.3 is 20.4 Å². The van der Waals surface area contributed by atoms with Gasteiger partial charge in [0.05, 0.1) is 6.61 Å². The second-order valence-corrected chi connectivity index (χ2v) is 3.32. The largest absolute Gasteiger partial charge is 0.394 e. The van der Waals surface area contributed by atoms with Crippen LogP contribution in [0.5, 0.6) is 0 Å². The Morgan fingerprint density at radius 1 is 1.38 bits per heavy atom. The van der Waals surface area contributed by atoms with Gasteiger partial charge >= 0.3 is 0 Å². The van der Waals surface area contributed by atoms with Gasteiger partial charge in [0.1, 0.15) is 24.9 Å². The molecule has 0 spiro atoms. The van der Waals surface area contributed by atoms with Crippen LogP contribution >= 0.6 is 0 Å². The van der Waals surface area contributed by atoms with Crippen molar-refractivity contribution in [3.63, 3.8) is 0 Å². The highest BCUT2D eigenvalue weighted by atomic mass is 16.6. The Hall–Kier alpha value is -0.570. The van der Waals surface area contributed by atoms with Crippen molar-refractivity contribution < 1.29 is 30.1 Å². The van der Waals surface area contributed by atoms with E-state index in [9.17, 15) is 9.90 Å². The molecule has 0 aromatic carbocycles. The molecule has 3 atom stereocenters. The highest BCUT2D eigenvalue weighted by Gasteiger charge is 2.29. The van der Waals surface area contributed by atoms with Gasteiger partial charge in [-0.2, -0.15) is 0 Å². The van der Waals surface area contributed by atoms with Crippen LogP contribution in [0, 0.1) is 0 Å². The fraction of sp³-hybridized carbons (Fsp3) is 0.889. The van der Waals surface area contributed by atoms with E-state index >= 15 is 0 Å². The van der Waals surface area contributed by atoms with Gasteiger partial charge in [-0.25, -0.2) is 5.48 Å². The molecule has 0 saturated carbocycles. The number of nitrogens with one attached hydrogen (secondary N) is 1. The number of carbonyl (C=O) groups is 1. The molecule has 0 amide bonds. The third-order valence-electron chi connectivity index (χ3n) is 1.87. The van der Waals surface area contributed by atoms with Crippen LogP contribution in [0.25, 0.3) is 0 Å². The van der Waals surface area contributed by atoms with Gasteiger partial charge in [-0.05, 0) is 6.42 Å². The number of aliphatic hydroxyl groups is 4. The Bertz CT molecular complexity index is 200. The molecule has 16 heavy (non-hydrogen) atoms. The molecule has 0 aliphatic carbocycles. The lowest BCUT2D eigenvalue weighted by atomic mass is 10.1. The van der Waals surface area contributed by atoms with Crippen LogP contribution in [0.4, 0.5) is 0 Å². The Kier molecular flexibility index (Phi) is 8.26. The Labute approximate surface area is 93.6 Å². The molecule has 0 fully saturated rings. The van der Waals surface area contributed by atoms with Gasteiger partial charge in [-0.1, -0.05) is 6.92 Å². The lowest BCUT2D eigenvalue weighted by molar-refractivity contribution is -0.147. The smallest absolute Gasteiger partial charge is 0.194 e. The van der Waals surface area contributed by atoms with Crippen LogP contribution in [0.2, 0.25) is 0 Å². The molecule has 0 aromatic heterocycles. The molecule has 96 valence electrons. The predicted molar refractivity (Wildman–Crippen MR) is 54.4 cm³/mol. The summed E-state index contributed by atoms with van der Waals surface area (Å²) in [6.07, 6.45) is -4.11. The van der Waals surface area contributed by atoms with Crippen LogP contribution < -0.4 is 5.48 Å². The van der Waals surface area contributed by atoms with E-state index in [1.54, 1.807) is 0 Å². The van der Waals surface area contributed by atoms with E-state index in [4.69, 9.17) is 20.2 Å². The number of ketones is 1. The zero-order valence-electron chi connectivity index (χ0n) is 9.17. The quantitative estimate of drug-likeness (QED) is 0.223. The zero-order valence-corrected chi connectivity index (χ0v) is 9.17. The minimum absolute atomic E-state index is 0.325. The van der Waals surface area contributed by atoms with Crippen LogP contribution in [0.3, 0.4) is 0 Å². The van der Waals surface area contributed by atoms with Gasteiger partial charge in [-0.15, -0.1) is 0 Å². The number of carbonyl (C=O) groups excluding carboxylic acids is 1. The van der Waals surface area contributed by atoms with E-state index in [1.165, 1.54) is 0 Å². The average Bonchev–Trinajstić information content (AvgIpc) is 2.31. The maximum absolute atomic E-state index is 11.2. The number of hydroxylamine groups is 1. The molecule has 5 N–H and O–H groups in total. The first-order valence-corrected chi connectivity index (χ1v) is 5.08. The molecule has 7 nitrogen and oxygen atoms in total. The topological polar surface area (TPSA) is 119 Å². The first-order chi connectivity index (χ1) is 7.54. The van der Waals surface area contributed by atoms with Crippen molar-refractivity contribution in [1.82, 2.24) is 5.48 Å². The van der Waals surface area contributed by atoms with Crippen LogP contribution in [-0.4, -0.2) is 64.3 Å². The van der Waals surface area contributed by atoms with Gasteiger partial charge in [-0.3, -0.25) is 9.63 Å².